The molecule has 2 aromatic heterocycles. The number of benzene rings is 1. The largest absolute Gasteiger partial charge is 0.478 e. The van der Waals surface area contributed by atoms with E-state index in [1.807, 2.05) is 12.1 Å². The van der Waals surface area contributed by atoms with Gasteiger partial charge in [-0.1, -0.05) is 12.1 Å². The van der Waals surface area contributed by atoms with E-state index in [4.69, 9.17) is 15.5 Å². The first-order valence-electron chi connectivity index (χ1n) is 11.2. The third-order valence-electron chi connectivity index (χ3n) is 6.30. The number of carbonyl (C=O) groups excluding carboxylic acids is 1. The minimum Gasteiger partial charge on any atom is -0.478 e. The van der Waals surface area contributed by atoms with Crippen molar-refractivity contribution in [2.45, 2.75) is 18.8 Å². The zero-order valence-electron chi connectivity index (χ0n) is 19.2. The average Bonchev–Trinajstić information content (AvgIpc) is 2.85. The predicted molar refractivity (Wildman–Crippen MR) is 131 cm³/mol. The third-order valence-corrected chi connectivity index (χ3v) is 6.30. The van der Waals surface area contributed by atoms with Crippen molar-refractivity contribution >= 4 is 29.3 Å². The zero-order chi connectivity index (χ0) is 23.7. The maximum absolute atomic E-state index is 12.6. The standard InChI is InChI=1S/C25H26N7O2/c1-32-11-8-16(9-12-32)15-3-5-18(6-4-15)29-23-21-17(7-10-27-24(21)33)13-19(30-23)20-14-28-22(26)25(31-20)34-2/h3-7,10,13-14,16H,8-9,11-12H2,1-2H3,(H2,26,28)(H,29,30). The number of pyridine rings is 1. The number of hydrogen-bond acceptors (Lipinski definition) is 8. The summed E-state index contributed by atoms with van der Waals surface area (Å²) >= 11 is 0. The molecule has 0 saturated carbocycles. The van der Waals surface area contributed by atoms with Crippen LogP contribution in [0.1, 0.15) is 40.2 Å². The maximum Gasteiger partial charge on any atom is 0.281 e. The highest BCUT2D eigenvalue weighted by Gasteiger charge is 2.23. The molecule has 3 N–H and O–H groups in total. The van der Waals surface area contributed by atoms with E-state index in [-0.39, 0.29) is 17.6 Å². The van der Waals surface area contributed by atoms with E-state index in [9.17, 15) is 4.79 Å². The Kier molecular flexibility index (Phi) is 5.85. The first kappa shape index (κ1) is 21.8. The van der Waals surface area contributed by atoms with Crippen LogP contribution in [-0.4, -0.2) is 53.0 Å². The van der Waals surface area contributed by atoms with E-state index >= 15 is 0 Å². The van der Waals surface area contributed by atoms with Crippen molar-refractivity contribution in [1.82, 2.24) is 25.2 Å². The van der Waals surface area contributed by atoms with Crippen LogP contribution in [0, 0.1) is 0 Å². The molecule has 1 fully saturated rings. The summed E-state index contributed by atoms with van der Waals surface area (Å²) in [4.78, 5) is 28.2. The van der Waals surface area contributed by atoms with Gasteiger partial charge in [0.1, 0.15) is 11.5 Å². The minimum atomic E-state index is -0.344. The summed E-state index contributed by atoms with van der Waals surface area (Å²) in [6.45, 7) is 2.23. The number of fused-ring (bicyclic) bond motifs is 1. The number of nitrogens with zero attached hydrogens (tertiary/aromatic N) is 5. The normalized spacial score (nSPS) is 16.1. The van der Waals surface area contributed by atoms with Crippen molar-refractivity contribution < 1.29 is 9.53 Å². The van der Waals surface area contributed by atoms with Gasteiger partial charge in [0.2, 0.25) is 0 Å². The van der Waals surface area contributed by atoms with Crippen LogP contribution in [-0.2, 0) is 0 Å². The highest BCUT2D eigenvalue weighted by Crippen LogP contribution is 2.32. The van der Waals surface area contributed by atoms with Crippen LogP contribution in [0.2, 0.25) is 0 Å². The number of piperidine rings is 1. The van der Waals surface area contributed by atoms with Gasteiger partial charge in [-0.15, -0.1) is 0 Å². The first-order chi connectivity index (χ1) is 16.5. The Morgan fingerprint density at radius 1 is 1.12 bits per heavy atom. The van der Waals surface area contributed by atoms with Gasteiger partial charge in [-0.2, -0.15) is 0 Å². The van der Waals surface area contributed by atoms with Crippen molar-refractivity contribution in [3.05, 3.63) is 59.4 Å². The van der Waals surface area contributed by atoms with Crippen LogP contribution >= 0.6 is 0 Å². The van der Waals surface area contributed by atoms with Crippen LogP contribution in [0.4, 0.5) is 17.3 Å². The molecular weight excluding hydrogens is 430 g/mol. The molecule has 0 bridgehead atoms. The minimum absolute atomic E-state index is 0.195. The molecule has 1 aromatic carbocycles. The second kappa shape index (κ2) is 9.11. The third kappa shape index (κ3) is 4.29. The molecule has 1 saturated heterocycles. The number of methoxy groups -OCH3 is 1. The van der Waals surface area contributed by atoms with Gasteiger partial charge in [0.05, 0.1) is 24.6 Å². The highest BCUT2D eigenvalue weighted by molar-refractivity contribution is 6.05. The number of amides is 1. The van der Waals surface area contributed by atoms with E-state index in [0.29, 0.717) is 34.3 Å². The molecule has 0 unspecified atom stereocenters. The Morgan fingerprint density at radius 2 is 1.88 bits per heavy atom. The number of aromatic nitrogens is 3. The van der Waals surface area contributed by atoms with Gasteiger partial charge in [-0.3, -0.25) is 4.79 Å². The number of rotatable bonds is 5. The van der Waals surface area contributed by atoms with Gasteiger partial charge >= 0.3 is 0 Å². The van der Waals surface area contributed by atoms with Crippen molar-refractivity contribution in [2.75, 3.05) is 38.3 Å². The molecule has 34 heavy (non-hydrogen) atoms. The van der Waals surface area contributed by atoms with E-state index in [1.54, 1.807) is 12.1 Å². The summed E-state index contributed by atoms with van der Waals surface area (Å²) < 4.78 is 5.20. The fourth-order valence-electron chi connectivity index (χ4n) is 4.36. The lowest BCUT2D eigenvalue weighted by molar-refractivity contribution is 0.0965. The number of nitrogens with one attached hydrogen (secondary N) is 1. The number of nitrogen functional groups attached to an aromatic ring is 1. The van der Waals surface area contributed by atoms with E-state index in [2.05, 4.69) is 44.7 Å². The molecule has 0 aliphatic carbocycles. The number of hydrogen-bond donors (Lipinski definition) is 2. The lowest BCUT2D eigenvalue weighted by Crippen LogP contribution is -2.29. The fraction of sp³-hybridized carbons (Fsp3) is 0.280. The van der Waals surface area contributed by atoms with Gasteiger partial charge in [-0.25, -0.2) is 20.3 Å². The zero-order valence-corrected chi connectivity index (χ0v) is 19.2. The van der Waals surface area contributed by atoms with Crippen LogP contribution in [0.3, 0.4) is 0 Å². The highest BCUT2D eigenvalue weighted by atomic mass is 16.5. The summed E-state index contributed by atoms with van der Waals surface area (Å²) in [7, 11) is 3.65. The van der Waals surface area contributed by atoms with Gasteiger partial charge in [-0.05, 0) is 74.3 Å². The molecule has 3 aromatic rings. The molecule has 2 aliphatic rings. The fourth-order valence-corrected chi connectivity index (χ4v) is 4.36. The molecule has 5 rings (SSSR count). The Bertz CT molecular complexity index is 1250. The van der Waals surface area contributed by atoms with Crippen LogP contribution in [0.25, 0.3) is 17.5 Å². The van der Waals surface area contributed by atoms with Gasteiger partial charge < -0.3 is 20.7 Å². The topological polar surface area (TPSA) is 120 Å². The predicted octanol–water partition coefficient (Wildman–Crippen LogP) is 3.41. The van der Waals surface area contributed by atoms with Gasteiger partial charge in [0.15, 0.2) is 5.82 Å². The van der Waals surface area contributed by atoms with Crippen LogP contribution in [0.15, 0.2) is 42.7 Å². The second-order valence-electron chi connectivity index (χ2n) is 8.54. The number of anilines is 3. The number of likely N-dealkylation sites (tertiary alicyclic amines) is 1. The summed E-state index contributed by atoms with van der Waals surface area (Å²) in [5, 5.41) is 7.24. The average molecular weight is 457 g/mol. The van der Waals surface area contributed by atoms with E-state index < -0.39 is 0 Å². The molecule has 4 heterocycles. The van der Waals surface area contributed by atoms with Crippen molar-refractivity contribution in [3.8, 4) is 17.3 Å². The molecular formula is C25H26N7O2. The van der Waals surface area contributed by atoms with E-state index in [0.717, 1.165) is 31.6 Å². The molecule has 173 valence electrons. The second-order valence-corrected chi connectivity index (χ2v) is 8.54. The Morgan fingerprint density at radius 3 is 2.62 bits per heavy atom. The quantitative estimate of drug-likeness (QED) is 0.599. The Hall–Kier alpha value is -3.98. The summed E-state index contributed by atoms with van der Waals surface area (Å²) in [5.41, 5.74) is 10.1. The lowest BCUT2D eigenvalue weighted by atomic mass is 9.89. The summed E-state index contributed by atoms with van der Waals surface area (Å²) in [5.74, 6) is 1.06. The van der Waals surface area contributed by atoms with Crippen molar-refractivity contribution in [2.24, 2.45) is 0 Å². The van der Waals surface area contributed by atoms with Crippen molar-refractivity contribution in [1.29, 1.82) is 0 Å². The SMILES string of the molecule is COc1nc(-c2cc3c(c(Nc4ccc(C5CCN(C)CC5)cc4)n2)C(=O)[N]C=C3)cnc1N. The monoisotopic (exact) mass is 456 g/mol. The molecule has 1 radical (unpaired) electrons. The first-order valence-corrected chi connectivity index (χ1v) is 11.2. The lowest BCUT2D eigenvalue weighted by Gasteiger charge is -2.29. The maximum atomic E-state index is 12.6. The molecule has 2 aliphatic heterocycles. The molecule has 9 heteroatoms. The summed E-state index contributed by atoms with van der Waals surface area (Å²) in [6.07, 6.45) is 7.12. The Balaban J connectivity index is 1.48. The van der Waals surface area contributed by atoms with E-state index in [1.165, 1.54) is 25.1 Å². The van der Waals surface area contributed by atoms with Gasteiger partial charge in [0.25, 0.3) is 11.8 Å². The van der Waals surface area contributed by atoms with Crippen LogP contribution < -0.4 is 21.1 Å². The number of ether oxygens (including phenoxy) is 1. The van der Waals surface area contributed by atoms with Crippen molar-refractivity contribution in [3.63, 3.8) is 0 Å². The molecule has 9 nitrogen and oxygen atoms in total. The molecule has 1 amide bonds. The van der Waals surface area contributed by atoms with Gasteiger partial charge in [0, 0.05) is 11.9 Å². The summed E-state index contributed by atoms with van der Waals surface area (Å²) in [6, 6.07) is 10.1. The molecule has 0 spiro atoms. The number of nitrogens with two attached hydrogens (primary N) is 1. The smallest absolute Gasteiger partial charge is 0.281 e. The number of carbonyl (C=O) groups is 1. The molecule has 0 atom stereocenters. The Labute approximate surface area is 198 Å². The van der Waals surface area contributed by atoms with Crippen LogP contribution in [0.5, 0.6) is 5.88 Å².